The van der Waals surface area contributed by atoms with Crippen LogP contribution < -0.4 is 11.1 Å². The number of alkyl halides is 3. The van der Waals surface area contributed by atoms with Crippen molar-refractivity contribution in [3.8, 4) is 0 Å². The van der Waals surface area contributed by atoms with Crippen LogP contribution in [0.25, 0.3) is 0 Å². The van der Waals surface area contributed by atoms with Crippen LogP contribution in [-0.4, -0.2) is 17.6 Å². The molecule has 0 saturated heterocycles. The lowest BCUT2D eigenvalue weighted by Gasteiger charge is -2.23. The highest BCUT2D eigenvalue weighted by Crippen LogP contribution is 2.34. The van der Waals surface area contributed by atoms with Crippen molar-refractivity contribution in [3.05, 3.63) is 29.8 Å². The van der Waals surface area contributed by atoms with Gasteiger partial charge >= 0.3 is 6.18 Å². The first-order chi connectivity index (χ1) is 9.18. The topological polar surface area (TPSA) is 70.6 Å². The van der Waals surface area contributed by atoms with E-state index in [1.165, 1.54) is 18.2 Å². The number of halogens is 3. The molecule has 1 aromatic carbocycles. The Morgan fingerprint density at radius 2 is 1.90 bits per heavy atom. The Balaban J connectivity index is 2.73. The summed E-state index contributed by atoms with van der Waals surface area (Å²) in [5, 5.41) is 14.3. The number of hydrogen-bond donors (Lipinski definition) is 3. The lowest BCUT2D eigenvalue weighted by atomic mass is 9.88. The van der Waals surface area contributed by atoms with Crippen LogP contribution in [0.2, 0.25) is 0 Å². The number of nitrogens with two attached hydrogens (primary N) is 1. The highest BCUT2D eigenvalue weighted by atomic mass is 19.4. The number of benzene rings is 1. The lowest BCUT2D eigenvalue weighted by Crippen LogP contribution is -2.33. The van der Waals surface area contributed by atoms with Crippen LogP contribution in [0.15, 0.2) is 29.4 Å². The van der Waals surface area contributed by atoms with E-state index in [-0.39, 0.29) is 18.1 Å². The number of para-hydroxylation sites is 1. The van der Waals surface area contributed by atoms with Crippen molar-refractivity contribution in [2.45, 2.75) is 26.4 Å². The van der Waals surface area contributed by atoms with Gasteiger partial charge in [0.2, 0.25) is 0 Å². The molecule has 0 amide bonds. The summed E-state index contributed by atoms with van der Waals surface area (Å²) in [6, 6.07) is 5.27. The standard InChI is InChI=1S/C13H18F3N3O/c1-12(2,11(17)19-20)7-8-18-10-6-4-3-5-9(10)13(14,15)16/h3-6,18,20H,7-8H2,1-2H3,(H2,17,19). The molecular formula is C13H18F3N3O. The molecule has 7 heteroatoms. The highest BCUT2D eigenvalue weighted by Gasteiger charge is 2.33. The van der Waals surface area contributed by atoms with Crippen molar-refractivity contribution in [3.63, 3.8) is 0 Å². The van der Waals surface area contributed by atoms with Gasteiger partial charge in [0.15, 0.2) is 0 Å². The zero-order valence-corrected chi connectivity index (χ0v) is 11.3. The van der Waals surface area contributed by atoms with Gasteiger partial charge in [-0.2, -0.15) is 13.2 Å². The van der Waals surface area contributed by atoms with Gasteiger partial charge in [-0.1, -0.05) is 31.1 Å². The number of nitrogens with zero attached hydrogens (tertiary/aromatic N) is 1. The van der Waals surface area contributed by atoms with Gasteiger partial charge in [0, 0.05) is 17.6 Å². The summed E-state index contributed by atoms with van der Waals surface area (Å²) in [5.74, 6) is 0.0448. The molecule has 0 aliphatic heterocycles. The van der Waals surface area contributed by atoms with E-state index >= 15 is 0 Å². The zero-order chi connectivity index (χ0) is 15.4. The van der Waals surface area contributed by atoms with Gasteiger partial charge in [-0.05, 0) is 18.6 Å². The van der Waals surface area contributed by atoms with E-state index in [4.69, 9.17) is 10.9 Å². The molecule has 0 spiro atoms. The third-order valence-corrected chi connectivity index (χ3v) is 3.10. The van der Waals surface area contributed by atoms with E-state index in [1.807, 2.05) is 0 Å². The number of nitrogens with one attached hydrogen (secondary N) is 1. The first kappa shape index (κ1) is 16.1. The zero-order valence-electron chi connectivity index (χ0n) is 11.3. The molecule has 0 atom stereocenters. The lowest BCUT2D eigenvalue weighted by molar-refractivity contribution is -0.136. The molecule has 0 heterocycles. The third-order valence-electron chi connectivity index (χ3n) is 3.10. The second kappa shape index (κ2) is 6.02. The van der Waals surface area contributed by atoms with Gasteiger partial charge in [0.1, 0.15) is 5.84 Å². The molecule has 4 N–H and O–H groups in total. The second-order valence-electron chi connectivity index (χ2n) is 5.09. The third kappa shape index (κ3) is 4.04. The molecule has 1 rings (SSSR count). The summed E-state index contributed by atoms with van der Waals surface area (Å²) in [5.41, 5.74) is 4.24. The molecule has 112 valence electrons. The molecule has 0 saturated carbocycles. The average Bonchev–Trinajstić information content (AvgIpc) is 2.37. The molecule has 4 nitrogen and oxygen atoms in total. The first-order valence-corrected chi connectivity index (χ1v) is 6.06. The molecule has 0 radical (unpaired) electrons. The second-order valence-corrected chi connectivity index (χ2v) is 5.09. The number of hydrogen-bond acceptors (Lipinski definition) is 3. The quantitative estimate of drug-likeness (QED) is 0.337. The van der Waals surface area contributed by atoms with E-state index in [2.05, 4.69) is 10.5 Å². The highest BCUT2D eigenvalue weighted by molar-refractivity contribution is 5.85. The Bertz CT molecular complexity index is 484. The Morgan fingerprint density at radius 1 is 1.30 bits per heavy atom. The van der Waals surface area contributed by atoms with Crippen molar-refractivity contribution in [2.24, 2.45) is 16.3 Å². The minimum Gasteiger partial charge on any atom is -0.409 e. The van der Waals surface area contributed by atoms with Gasteiger partial charge in [-0.3, -0.25) is 0 Å². The monoisotopic (exact) mass is 289 g/mol. The molecule has 0 aliphatic carbocycles. The molecule has 1 aromatic rings. The average molecular weight is 289 g/mol. The van der Waals surface area contributed by atoms with Crippen LogP contribution in [0.5, 0.6) is 0 Å². The maximum Gasteiger partial charge on any atom is 0.418 e. The predicted octanol–water partition coefficient (Wildman–Crippen LogP) is 3.28. The van der Waals surface area contributed by atoms with Crippen LogP contribution in [-0.2, 0) is 6.18 Å². The molecule has 0 aliphatic rings. The minimum atomic E-state index is -4.40. The summed E-state index contributed by atoms with van der Waals surface area (Å²) >= 11 is 0. The maximum absolute atomic E-state index is 12.8. The van der Waals surface area contributed by atoms with Gasteiger partial charge < -0.3 is 16.3 Å². The normalized spacial score (nSPS) is 13.3. The van der Waals surface area contributed by atoms with Gasteiger partial charge in [0.25, 0.3) is 0 Å². The Morgan fingerprint density at radius 3 is 2.45 bits per heavy atom. The Hall–Kier alpha value is -1.92. The maximum atomic E-state index is 12.8. The van der Waals surface area contributed by atoms with E-state index in [1.54, 1.807) is 13.8 Å². The predicted molar refractivity (Wildman–Crippen MR) is 71.7 cm³/mol. The summed E-state index contributed by atoms with van der Waals surface area (Å²) in [6.45, 7) is 3.77. The molecule has 0 fully saturated rings. The van der Waals surface area contributed by atoms with Gasteiger partial charge in [0.05, 0.1) is 5.56 Å². The van der Waals surface area contributed by atoms with Crippen molar-refractivity contribution >= 4 is 11.5 Å². The molecule has 20 heavy (non-hydrogen) atoms. The fourth-order valence-electron chi connectivity index (χ4n) is 1.66. The Kier molecular flexibility index (Phi) is 4.86. The molecular weight excluding hydrogens is 271 g/mol. The summed E-state index contributed by atoms with van der Waals surface area (Å²) in [7, 11) is 0. The fraction of sp³-hybridized carbons (Fsp3) is 0.462. The number of anilines is 1. The van der Waals surface area contributed by atoms with Crippen LogP contribution in [0, 0.1) is 5.41 Å². The van der Waals surface area contributed by atoms with Crippen LogP contribution in [0.4, 0.5) is 18.9 Å². The number of amidine groups is 1. The van der Waals surface area contributed by atoms with Crippen molar-refractivity contribution in [1.29, 1.82) is 0 Å². The van der Waals surface area contributed by atoms with Crippen molar-refractivity contribution < 1.29 is 18.4 Å². The van der Waals surface area contributed by atoms with E-state index in [0.717, 1.165) is 6.07 Å². The smallest absolute Gasteiger partial charge is 0.409 e. The van der Waals surface area contributed by atoms with E-state index < -0.39 is 17.2 Å². The van der Waals surface area contributed by atoms with Crippen LogP contribution >= 0.6 is 0 Å². The van der Waals surface area contributed by atoms with Gasteiger partial charge in [-0.25, -0.2) is 0 Å². The van der Waals surface area contributed by atoms with E-state index in [0.29, 0.717) is 6.42 Å². The van der Waals surface area contributed by atoms with Gasteiger partial charge in [-0.15, -0.1) is 0 Å². The van der Waals surface area contributed by atoms with E-state index in [9.17, 15) is 13.2 Å². The first-order valence-electron chi connectivity index (χ1n) is 6.06. The minimum absolute atomic E-state index is 0.0234. The summed E-state index contributed by atoms with van der Waals surface area (Å²) in [6.07, 6.45) is -3.97. The number of oxime groups is 1. The largest absolute Gasteiger partial charge is 0.418 e. The van der Waals surface area contributed by atoms with Crippen LogP contribution in [0.3, 0.4) is 0 Å². The van der Waals surface area contributed by atoms with Crippen LogP contribution in [0.1, 0.15) is 25.8 Å². The summed E-state index contributed by atoms with van der Waals surface area (Å²) in [4.78, 5) is 0. The Labute approximate surface area is 115 Å². The fourth-order valence-corrected chi connectivity index (χ4v) is 1.66. The SMILES string of the molecule is CC(C)(CCNc1ccccc1C(F)(F)F)C(N)=NO. The molecule has 0 aromatic heterocycles. The summed E-state index contributed by atoms with van der Waals surface area (Å²) < 4.78 is 38.3. The van der Waals surface area contributed by atoms with Crippen molar-refractivity contribution in [1.82, 2.24) is 0 Å². The number of rotatable bonds is 5. The molecule has 0 unspecified atom stereocenters. The van der Waals surface area contributed by atoms with Crippen molar-refractivity contribution in [2.75, 3.05) is 11.9 Å². The molecule has 0 bridgehead atoms.